The summed E-state index contributed by atoms with van der Waals surface area (Å²) >= 11 is 0. The summed E-state index contributed by atoms with van der Waals surface area (Å²) in [6, 6.07) is 0. The van der Waals surface area contributed by atoms with Gasteiger partial charge in [0.05, 0.1) is 18.6 Å². The zero-order valence-corrected chi connectivity index (χ0v) is 14.8. The van der Waals surface area contributed by atoms with Crippen molar-refractivity contribution in [1.29, 1.82) is 0 Å². The van der Waals surface area contributed by atoms with Gasteiger partial charge in [-0.1, -0.05) is 13.8 Å². The molecule has 130 valence electrons. The first-order valence-electron chi connectivity index (χ1n) is 9.49. The second kappa shape index (κ2) is 5.45. The number of carbonyl (C=O) groups excluding carboxylic acids is 1. The average molecular weight is 320 g/mol. The number of amides is 1. The van der Waals surface area contributed by atoms with Crippen molar-refractivity contribution in [3.8, 4) is 0 Å². The minimum Gasteiger partial charge on any atom is -0.379 e. The standard InChI is InChI=1S/C19H32N2O2/c1-17-9-15-10-18(2,12-17)14-19(11-15,13-17)16(22)20-3-4-21-5-7-23-8-6-21/h15H,3-14H2,1-2H3,(H,20,22)/t15?,17-,18-,19?/m1/s1. The topological polar surface area (TPSA) is 41.6 Å². The summed E-state index contributed by atoms with van der Waals surface area (Å²) in [5, 5.41) is 3.30. The van der Waals surface area contributed by atoms with E-state index in [1.54, 1.807) is 0 Å². The van der Waals surface area contributed by atoms with Gasteiger partial charge in [-0.05, 0) is 55.3 Å². The van der Waals surface area contributed by atoms with Crippen LogP contribution in [-0.4, -0.2) is 50.2 Å². The molecule has 1 heterocycles. The molecule has 4 saturated carbocycles. The first-order chi connectivity index (χ1) is 10.9. The molecule has 0 unspecified atom stereocenters. The molecule has 1 saturated heterocycles. The highest BCUT2D eigenvalue weighted by atomic mass is 16.5. The molecule has 5 fully saturated rings. The van der Waals surface area contributed by atoms with Crippen molar-refractivity contribution in [2.24, 2.45) is 22.2 Å². The molecule has 0 aromatic carbocycles. The van der Waals surface area contributed by atoms with E-state index in [1.807, 2.05) is 0 Å². The van der Waals surface area contributed by atoms with Crippen LogP contribution in [0.2, 0.25) is 0 Å². The third-order valence-electron chi connectivity index (χ3n) is 6.93. The molecule has 5 aliphatic rings. The predicted octanol–water partition coefficient (Wildman–Crippen LogP) is 2.43. The van der Waals surface area contributed by atoms with Crippen LogP contribution in [0.15, 0.2) is 0 Å². The highest BCUT2D eigenvalue weighted by Gasteiger charge is 2.62. The molecule has 1 amide bonds. The Morgan fingerprint density at radius 2 is 1.74 bits per heavy atom. The van der Waals surface area contributed by atoms with Crippen LogP contribution in [0.3, 0.4) is 0 Å². The Labute approximate surface area is 140 Å². The minimum absolute atomic E-state index is 0.0616. The van der Waals surface area contributed by atoms with Gasteiger partial charge in [0.25, 0.3) is 0 Å². The van der Waals surface area contributed by atoms with Crippen molar-refractivity contribution in [2.75, 3.05) is 39.4 Å². The third kappa shape index (κ3) is 2.93. The van der Waals surface area contributed by atoms with Crippen molar-refractivity contribution in [3.63, 3.8) is 0 Å². The number of morpholine rings is 1. The normalized spacial score (nSPS) is 46.1. The average Bonchev–Trinajstić information content (AvgIpc) is 2.44. The van der Waals surface area contributed by atoms with Gasteiger partial charge < -0.3 is 10.1 Å². The first kappa shape index (κ1) is 15.9. The van der Waals surface area contributed by atoms with Crippen molar-refractivity contribution in [3.05, 3.63) is 0 Å². The zero-order valence-electron chi connectivity index (χ0n) is 14.8. The summed E-state index contributed by atoms with van der Waals surface area (Å²) in [6.45, 7) is 10.3. The Balaban J connectivity index is 1.38. The molecule has 23 heavy (non-hydrogen) atoms. The molecular weight excluding hydrogens is 288 g/mol. The Hall–Kier alpha value is -0.610. The lowest BCUT2D eigenvalue weighted by atomic mass is 9.40. The first-order valence-corrected chi connectivity index (χ1v) is 9.49. The molecular formula is C19H32N2O2. The summed E-state index contributed by atoms with van der Waals surface area (Å²) in [5.74, 6) is 1.14. The molecule has 4 heteroatoms. The number of rotatable bonds is 4. The van der Waals surface area contributed by atoms with E-state index in [2.05, 4.69) is 24.1 Å². The fraction of sp³-hybridized carbons (Fsp3) is 0.947. The molecule has 4 aliphatic carbocycles. The molecule has 4 bridgehead atoms. The van der Waals surface area contributed by atoms with Crippen LogP contribution in [0, 0.1) is 22.2 Å². The van der Waals surface area contributed by atoms with E-state index < -0.39 is 0 Å². The second-order valence-corrected chi connectivity index (χ2v) is 9.62. The van der Waals surface area contributed by atoms with Gasteiger partial charge in [-0.15, -0.1) is 0 Å². The van der Waals surface area contributed by atoms with Crippen LogP contribution in [0.25, 0.3) is 0 Å². The lowest BCUT2D eigenvalue weighted by molar-refractivity contribution is -0.170. The second-order valence-electron chi connectivity index (χ2n) is 9.62. The van der Waals surface area contributed by atoms with E-state index in [0.29, 0.717) is 16.7 Å². The van der Waals surface area contributed by atoms with Crippen LogP contribution in [0.4, 0.5) is 0 Å². The van der Waals surface area contributed by atoms with E-state index in [1.165, 1.54) is 19.3 Å². The fourth-order valence-electron chi connectivity index (χ4n) is 7.04. The maximum atomic E-state index is 13.1. The number of carbonyl (C=O) groups is 1. The number of nitrogens with zero attached hydrogens (tertiary/aromatic N) is 1. The van der Waals surface area contributed by atoms with Gasteiger partial charge >= 0.3 is 0 Å². The fourth-order valence-corrected chi connectivity index (χ4v) is 7.04. The molecule has 2 atom stereocenters. The molecule has 1 aliphatic heterocycles. The van der Waals surface area contributed by atoms with Gasteiger partial charge in [0.15, 0.2) is 0 Å². The van der Waals surface area contributed by atoms with Gasteiger partial charge in [-0.2, -0.15) is 0 Å². The largest absolute Gasteiger partial charge is 0.379 e. The number of nitrogens with one attached hydrogen (secondary N) is 1. The van der Waals surface area contributed by atoms with Crippen molar-refractivity contribution in [2.45, 2.75) is 52.4 Å². The Morgan fingerprint density at radius 1 is 1.09 bits per heavy atom. The molecule has 0 radical (unpaired) electrons. The third-order valence-corrected chi connectivity index (χ3v) is 6.93. The van der Waals surface area contributed by atoms with Gasteiger partial charge in [-0.25, -0.2) is 0 Å². The maximum absolute atomic E-state index is 13.1. The molecule has 5 rings (SSSR count). The highest BCUT2D eigenvalue weighted by molar-refractivity contribution is 5.83. The summed E-state index contributed by atoms with van der Waals surface area (Å²) in [4.78, 5) is 15.5. The number of hydrogen-bond acceptors (Lipinski definition) is 3. The summed E-state index contributed by atoms with van der Waals surface area (Å²) in [6.07, 6.45) is 7.42. The van der Waals surface area contributed by atoms with Crippen LogP contribution >= 0.6 is 0 Å². The van der Waals surface area contributed by atoms with Gasteiger partial charge in [-0.3, -0.25) is 9.69 Å². The van der Waals surface area contributed by atoms with Crippen molar-refractivity contribution in [1.82, 2.24) is 10.2 Å². The Morgan fingerprint density at radius 3 is 2.35 bits per heavy atom. The number of hydrogen-bond donors (Lipinski definition) is 1. The molecule has 1 N–H and O–H groups in total. The van der Waals surface area contributed by atoms with E-state index in [4.69, 9.17) is 4.74 Å². The summed E-state index contributed by atoms with van der Waals surface area (Å²) in [7, 11) is 0. The van der Waals surface area contributed by atoms with Gasteiger partial charge in [0.1, 0.15) is 0 Å². The number of ether oxygens (including phenoxy) is 1. The van der Waals surface area contributed by atoms with E-state index >= 15 is 0 Å². The minimum atomic E-state index is -0.0616. The maximum Gasteiger partial charge on any atom is 0.226 e. The SMILES string of the molecule is C[C@]12CC3CC(C(=O)NCCN4CCOCC4)(C1)C[C@](C)(C3)C2. The van der Waals surface area contributed by atoms with Crippen molar-refractivity contribution >= 4 is 5.91 Å². The highest BCUT2D eigenvalue weighted by Crippen LogP contribution is 2.69. The van der Waals surface area contributed by atoms with E-state index in [-0.39, 0.29) is 5.41 Å². The van der Waals surface area contributed by atoms with Crippen LogP contribution < -0.4 is 5.32 Å². The lowest BCUT2D eigenvalue weighted by Gasteiger charge is -2.64. The molecule has 0 spiro atoms. The van der Waals surface area contributed by atoms with Gasteiger partial charge in [0, 0.05) is 26.2 Å². The monoisotopic (exact) mass is 320 g/mol. The zero-order chi connectivity index (χ0) is 16.1. The van der Waals surface area contributed by atoms with Gasteiger partial charge in [0.2, 0.25) is 5.91 Å². The van der Waals surface area contributed by atoms with E-state index in [0.717, 1.165) is 64.6 Å². The van der Waals surface area contributed by atoms with E-state index in [9.17, 15) is 4.79 Å². The quantitative estimate of drug-likeness (QED) is 0.865. The van der Waals surface area contributed by atoms with Crippen molar-refractivity contribution < 1.29 is 9.53 Å². The van der Waals surface area contributed by atoms with Crippen LogP contribution in [0.1, 0.15) is 52.4 Å². The van der Waals surface area contributed by atoms with Crippen LogP contribution in [-0.2, 0) is 9.53 Å². The summed E-state index contributed by atoms with van der Waals surface area (Å²) < 4.78 is 5.38. The predicted molar refractivity (Wildman–Crippen MR) is 90.1 cm³/mol. The molecule has 0 aromatic heterocycles. The lowest BCUT2D eigenvalue weighted by Crippen LogP contribution is -2.60. The molecule has 0 aromatic rings. The Bertz CT molecular complexity index is 468. The van der Waals surface area contributed by atoms with Crippen LogP contribution in [0.5, 0.6) is 0 Å². The smallest absolute Gasteiger partial charge is 0.226 e. The Kier molecular flexibility index (Phi) is 3.77. The molecule has 4 nitrogen and oxygen atoms in total. The summed E-state index contributed by atoms with van der Waals surface area (Å²) in [5.41, 5.74) is 0.763.